The van der Waals surface area contributed by atoms with E-state index < -0.39 is 0 Å². The van der Waals surface area contributed by atoms with Crippen molar-refractivity contribution in [2.75, 3.05) is 0 Å². The first-order valence-corrected chi connectivity index (χ1v) is 7.90. The maximum absolute atomic E-state index is 12.3. The van der Waals surface area contributed by atoms with Gasteiger partial charge in [0.15, 0.2) is 5.78 Å². The van der Waals surface area contributed by atoms with Crippen LogP contribution in [-0.2, 0) is 0 Å². The van der Waals surface area contributed by atoms with Crippen LogP contribution in [0.15, 0.2) is 42.1 Å². The van der Waals surface area contributed by atoms with Crippen LogP contribution in [0.4, 0.5) is 0 Å². The molecule has 106 valence electrons. The molecule has 0 spiro atoms. The zero-order chi connectivity index (χ0) is 13.8. The zero-order valence-corrected chi connectivity index (χ0v) is 12.0. The standard InChI is InChI=1S/C18H23NO/c20-18(15-7-3-1-4-8-15)13-17(14-11-12-14)19-16-9-5-2-6-10-16/h1,3-4,7-8,13-14,16,19H,2,5-6,9-12H2. The van der Waals surface area contributed by atoms with Crippen molar-refractivity contribution in [3.05, 3.63) is 47.7 Å². The summed E-state index contributed by atoms with van der Waals surface area (Å²) in [5, 5.41) is 3.66. The fraction of sp³-hybridized carbons (Fsp3) is 0.500. The molecule has 0 saturated heterocycles. The van der Waals surface area contributed by atoms with E-state index in [9.17, 15) is 4.79 Å². The Kier molecular flexibility index (Phi) is 4.19. The third-order valence-electron chi connectivity index (χ3n) is 4.34. The molecule has 0 bridgehead atoms. The van der Waals surface area contributed by atoms with Crippen LogP contribution < -0.4 is 5.32 Å². The Hall–Kier alpha value is -1.57. The smallest absolute Gasteiger partial charge is 0.187 e. The van der Waals surface area contributed by atoms with E-state index in [4.69, 9.17) is 0 Å². The van der Waals surface area contributed by atoms with Crippen molar-refractivity contribution in [3.8, 4) is 0 Å². The number of carbonyl (C=O) groups is 1. The number of carbonyl (C=O) groups excluding carboxylic acids is 1. The summed E-state index contributed by atoms with van der Waals surface area (Å²) < 4.78 is 0. The number of benzene rings is 1. The molecule has 0 heterocycles. The van der Waals surface area contributed by atoms with Gasteiger partial charge in [0.25, 0.3) is 0 Å². The van der Waals surface area contributed by atoms with E-state index in [0.717, 1.165) is 5.56 Å². The molecule has 0 aromatic heterocycles. The third-order valence-corrected chi connectivity index (χ3v) is 4.34. The van der Waals surface area contributed by atoms with Crippen molar-refractivity contribution in [3.63, 3.8) is 0 Å². The molecule has 0 amide bonds. The van der Waals surface area contributed by atoms with Gasteiger partial charge in [0, 0.05) is 23.4 Å². The average molecular weight is 269 g/mol. The SMILES string of the molecule is O=C(C=C(NC1CCCCC1)C1CC1)c1ccccc1. The van der Waals surface area contributed by atoms with E-state index in [-0.39, 0.29) is 5.78 Å². The summed E-state index contributed by atoms with van der Waals surface area (Å²) in [5.74, 6) is 0.736. The van der Waals surface area contributed by atoms with Crippen molar-refractivity contribution in [2.24, 2.45) is 5.92 Å². The average Bonchev–Trinajstić information content (AvgIpc) is 3.33. The Morgan fingerprint density at radius 2 is 1.70 bits per heavy atom. The van der Waals surface area contributed by atoms with Gasteiger partial charge in [-0.05, 0) is 31.6 Å². The number of nitrogens with one attached hydrogen (secondary N) is 1. The van der Waals surface area contributed by atoms with E-state index in [1.807, 2.05) is 36.4 Å². The molecule has 1 aromatic carbocycles. The fourth-order valence-corrected chi connectivity index (χ4v) is 2.98. The second-order valence-corrected chi connectivity index (χ2v) is 6.08. The number of allylic oxidation sites excluding steroid dienone is 2. The summed E-state index contributed by atoms with van der Waals surface area (Å²) in [6.07, 6.45) is 10.8. The number of rotatable bonds is 5. The zero-order valence-electron chi connectivity index (χ0n) is 12.0. The summed E-state index contributed by atoms with van der Waals surface area (Å²) in [6, 6.07) is 10.2. The number of ketones is 1. The molecule has 2 aliphatic rings. The summed E-state index contributed by atoms with van der Waals surface area (Å²) in [5.41, 5.74) is 1.97. The normalized spacial score (nSPS) is 20.7. The maximum atomic E-state index is 12.3. The summed E-state index contributed by atoms with van der Waals surface area (Å²) in [4.78, 5) is 12.3. The van der Waals surface area contributed by atoms with Gasteiger partial charge in [-0.3, -0.25) is 4.79 Å². The summed E-state index contributed by atoms with van der Waals surface area (Å²) >= 11 is 0. The predicted octanol–water partition coefficient (Wildman–Crippen LogP) is 4.09. The van der Waals surface area contributed by atoms with Crippen molar-refractivity contribution >= 4 is 5.78 Å². The molecule has 0 aliphatic heterocycles. The van der Waals surface area contributed by atoms with Crippen LogP contribution in [0.3, 0.4) is 0 Å². The molecule has 0 unspecified atom stereocenters. The van der Waals surface area contributed by atoms with Gasteiger partial charge in [-0.25, -0.2) is 0 Å². The van der Waals surface area contributed by atoms with Crippen LogP contribution in [0.5, 0.6) is 0 Å². The van der Waals surface area contributed by atoms with E-state index in [0.29, 0.717) is 12.0 Å². The molecule has 2 saturated carbocycles. The van der Waals surface area contributed by atoms with Gasteiger partial charge >= 0.3 is 0 Å². The second kappa shape index (κ2) is 6.25. The van der Waals surface area contributed by atoms with Crippen LogP contribution in [0.2, 0.25) is 0 Å². The van der Waals surface area contributed by atoms with E-state index in [2.05, 4.69) is 5.32 Å². The molecule has 0 atom stereocenters. The molecule has 1 aromatic rings. The van der Waals surface area contributed by atoms with Gasteiger partial charge in [0.2, 0.25) is 0 Å². The van der Waals surface area contributed by atoms with Crippen LogP contribution in [-0.4, -0.2) is 11.8 Å². The first-order chi connectivity index (χ1) is 9.83. The van der Waals surface area contributed by atoms with Crippen molar-refractivity contribution in [1.29, 1.82) is 0 Å². The van der Waals surface area contributed by atoms with Gasteiger partial charge in [-0.2, -0.15) is 0 Å². The summed E-state index contributed by atoms with van der Waals surface area (Å²) in [7, 11) is 0. The first-order valence-electron chi connectivity index (χ1n) is 7.90. The molecule has 2 fully saturated rings. The Labute approximate surface area is 121 Å². The van der Waals surface area contributed by atoms with Crippen LogP contribution >= 0.6 is 0 Å². The Morgan fingerprint density at radius 3 is 2.35 bits per heavy atom. The molecule has 2 aliphatic carbocycles. The molecule has 1 N–H and O–H groups in total. The highest BCUT2D eigenvalue weighted by Crippen LogP contribution is 2.36. The molecule has 3 rings (SSSR count). The number of hydrogen-bond acceptors (Lipinski definition) is 2. The molecule has 2 nitrogen and oxygen atoms in total. The van der Waals surface area contributed by atoms with Crippen molar-refractivity contribution in [2.45, 2.75) is 51.0 Å². The van der Waals surface area contributed by atoms with Crippen molar-refractivity contribution < 1.29 is 4.79 Å². The lowest BCUT2D eigenvalue weighted by atomic mass is 9.95. The lowest BCUT2D eigenvalue weighted by Crippen LogP contribution is -2.31. The Morgan fingerprint density at radius 1 is 1.00 bits per heavy atom. The van der Waals surface area contributed by atoms with Gasteiger partial charge in [-0.15, -0.1) is 0 Å². The molecule has 0 radical (unpaired) electrons. The third kappa shape index (κ3) is 3.50. The van der Waals surface area contributed by atoms with Gasteiger partial charge in [0.1, 0.15) is 0 Å². The lowest BCUT2D eigenvalue weighted by Gasteiger charge is -2.25. The second-order valence-electron chi connectivity index (χ2n) is 6.08. The van der Waals surface area contributed by atoms with Gasteiger partial charge in [0.05, 0.1) is 0 Å². The highest BCUT2D eigenvalue weighted by atomic mass is 16.1. The van der Waals surface area contributed by atoms with E-state index in [1.165, 1.54) is 50.6 Å². The highest BCUT2D eigenvalue weighted by molar-refractivity contribution is 6.04. The number of hydrogen-bond donors (Lipinski definition) is 1. The van der Waals surface area contributed by atoms with Crippen LogP contribution in [0.1, 0.15) is 55.3 Å². The monoisotopic (exact) mass is 269 g/mol. The van der Waals surface area contributed by atoms with E-state index in [1.54, 1.807) is 0 Å². The predicted molar refractivity (Wildman–Crippen MR) is 81.6 cm³/mol. The summed E-state index contributed by atoms with van der Waals surface area (Å²) in [6.45, 7) is 0. The molecular formula is C18H23NO. The lowest BCUT2D eigenvalue weighted by molar-refractivity contribution is 0.104. The largest absolute Gasteiger partial charge is 0.385 e. The minimum absolute atomic E-state index is 0.135. The van der Waals surface area contributed by atoms with Crippen molar-refractivity contribution in [1.82, 2.24) is 5.32 Å². The Balaban J connectivity index is 1.69. The highest BCUT2D eigenvalue weighted by Gasteiger charge is 2.28. The van der Waals surface area contributed by atoms with Gasteiger partial charge < -0.3 is 5.32 Å². The topological polar surface area (TPSA) is 29.1 Å². The Bertz CT molecular complexity index is 481. The molecule has 20 heavy (non-hydrogen) atoms. The first kappa shape index (κ1) is 13.4. The van der Waals surface area contributed by atoms with Crippen LogP contribution in [0.25, 0.3) is 0 Å². The molecule has 2 heteroatoms. The minimum Gasteiger partial charge on any atom is -0.385 e. The maximum Gasteiger partial charge on any atom is 0.187 e. The van der Waals surface area contributed by atoms with Crippen LogP contribution in [0, 0.1) is 5.92 Å². The fourth-order valence-electron chi connectivity index (χ4n) is 2.98. The van der Waals surface area contributed by atoms with E-state index >= 15 is 0 Å². The molecular weight excluding hydrogens is 246 g/mol. The quantitative estimate of drug-likeness (QED) is 0.644. The van der Waals surface area contributed by atoms with Gasteiger partial charge in [-0.1, -0.05) is 49.6 Å². The minimum atomic E-state index is 0.135.